The van der Waals surface area contributed by atoms with Crippen molar-refractivity contribution >= 4 is 5.95 Å². The molecular formula is C14H24N4O. The zero-order valence-electron chi connectivity index (χ0n) is 11.8. The predicted octanol–water partition coefficient (Wildman–Crippen LogP) is 2.09. The van der Waals surface area contributed by atoms with E-state index in [9.17, 15) is 0 Å². The molecule has 2 aliphatic heterocycles. The summed E-state index contributed by atoms with van der Waals surface area (Å²) in [6.45, 7) is 6.36. The van der Waals surface area contributed by atoms with E-state index in [1.54, 1.807) is 0 Å². The van der Waals surface area contributed by atoms with E-state index in [0.29, 0.717) is 0 Å². The predicted molar refractivity (Wildman–Crippen MR) is 74.4 cm³/mol. The largest absolute Gasteiger partial charge is 0.338 e. The topological polar surface area (TPSA) is 54.2 Å². The summed E-state index contributed by atoms with van der Waals surface area (Å²) < 4.78 is 5.59. The molecule has 3 rings (SSSR count). The molecule has 1 N–H and O–H groups in total. The van der Waals surface area contributed by atoms with E-state index in [1.165, 1.54) is 25.7 Å². The Morgan fingerprint density at radius 2 is 2.05 bits per heavy atom. The van der Waals surface area contributed by atoms with Crippen LogP contribution in [0.4, 0.5) is 5.95 Å². The fraction of sp³-hybridized carbons (Fsp3) is 0.857. The van der Waals surface area contributed by atoms with Crippen molar-refractivity contribution in [1.29, 1.82) is 0 Å². The van der Waals surface area contributed by atoms with Gasteiger partial charge in [-0.05, 0) is 37.4 Å². The maximum atomic E-state index is 5.59. The Morgan fingerprint density at radius 1 is 1.26 bits per heavy atom. The Morgan fingerprint density at radius 3 is 2.68 bits per heavy atom. The molecule has 2 aliphatic rings. The molecule has 5 heteroatoms. The molecule has 1 aromatic rings. The average Bonchev–Trinajstić information content (AvgIpc) is 3.03. The molecule has 0 spiro atoms. The van der Waals surface area contributed by atoms with E-state index in [4.69, 9.17) is 9.51 Å². The van der Waals surface area contributed by atoms with E-state index >= 15 is 0 Å². The van der Waals surface area contributed by atoms with Crippen molar-refractivity contribution in [3.05, 3.63) is 5.89 Å². The third-order valence-electron chi connectivity index (χ3n) is 4.68. The molecule has 0 amide bonds. The number of hydrogen-bond acceptors (Lipinski definition) is 5. The minimum absolute atomic E-state index is 0.0666. The lowest BCUT2D eigenvalue weighted by Gasteiger charge is -2.21. The smallest absolute Gasteiger partial charge is 0.266 e. The van der Waals surface area contributed by atoms with Gasteiger partial charge in [-0.15, -0.1) is 0 Å². The molecule has 0 aliphatic carbocycles. The van der Waals surface area contributed by atoms with Crippen LogP contribution in [0.1, 0.15) is 51.3 Å². The Hall–Kier alpha value is -1.10. The Balaban J connectivity index is 1.78. The zero-order chi connectivity index (χ0) is 13.1. The molecule has 0 radical (unpaired) electrons. The van der Waals surface area contributed by atoms with Crippen molar-refractivity contribution < 1.29 is 4.52 Å². The fourth-order valence-electron chi connectivity index (χ4n) is 3.21. The summed E-state index contributed by atoms with van der Waals surface area (Å²) in [6.07, 6.45) is 7.29. The minimum atomic E-state index is 0.0666. The Bertz CT molecular complexity index is 403. The first-order valence-corrected chi connectivity index (χ1v) is 7.64. The second kappa shape index (κ2) is 5.49. The lowest BCUT2D eigenvalue weighted by atomic mass is 9.84. The molecule has 0 aromatic carbocycles. The van der Waals surface area contributed by atoms with E-state index in [0.717, 1.165) is 50.9 Å². The van der Waals surface area contributed by atoms with Crippen LogP contribution in [0.5, 0.6) is 0 Å². The number of nitrogens with one attached hydrogen (secondary N) is 1. The second-order valence-electron chi connectivity index (χ2n) is 5.86. The van der Waals surface area contributed by atoms with E-state index < -0.39 is 0 Å². The van der Waals surface area contributed by atoms with Gasteiger partial charge in [-0.1, -0.05) is 19.8 Å². The van der Waals surface area contributed by atoms with Gasteiger partial charge >= 0.3 is 0 Å². The van der Waals surface area contributed by atoms with Crippen LogP contribution in [0.3, 0.4) is 0 Å². The van der Waals surface area contributed by atoms with Gasteiger partial charge < -0.3 is 14.7 Å². The monoisotopic (exact) mass is 264 g/mol. The van der Waals surface area contributed by atoms with Gasteiger partial charge in [0.1, 0.15) is 0 Å². The number of aromatic nitrogens is 2. The van der Waals surface area contributed by atoms with Crippen LogP contribution < -0.4 is 10.2 Å². The first kappa shape index (κ1) is 12.9. The van der Waals surface area contributed by atoms with Crippen LogP contribution in [-0.2, 0) is 5.41 Å². The molecule has 0 saturated carbocycles. The number of anilines is 1. The summed E-state index contributed by atoms with van der Waals surface area (Å²) in [6, 6.07) is 0. The lowest BCUT2D eigenvalue weighted by molar-refractivity contribution is 0.284. The SMILES string of the molecule is CCC1(c2nc(N3CCCCCC3)no2)CCNC1. The zero-order valence-corrected chi connectivity index (χ0v) is 11.8. The third kappa shape index (κ3) is 2.48. The molecule has 19 heavy (non-hydrogen) atoms. The van der Waals surface area contributed by atoms with Crippen LogP contribution in [0.25, 0.3) is 0 Å². The van der Waals surface area contributed by atoms with Gasteiger partial charge in [0.05, 0.1) is 5.41 Å². The highest BCUT2D eigenvalue weighted by Gasteiger charge is 2.39. The van der Waals surface area contributed by atoms with Gasteiger partial charge in [0.15, 0.2) is 0 Å². The van der Waals surface area contributed by atoms with Crippen molar-refractivity contribution in [1.82, 2.24) is 15.5 Å². The molecule has 5 nitrogen and oxygen atoms in total. The van der Waals surface area contributed by atoms with Crippen LogP contribution in [0, 0.1) is 0 Å². The van der Waals surface area contributed by atoms with Crippen LogP contribution in [-0.4, -0.2) is 36.3 Å². The summed E-state index contributed by atoms with van der Waals surface area (Å²) in [5.74, 6) is 1.64. The molecule has 106 valence electrons. The van der Waals surface area contributed by atoms with Crippen LogP contribution in [0.15, 0.2) is 4.52 Å². The van der Waals surface area contributed by atoms with Gasteiger partial charge in [-0.3, -0.25) is 0 Å². The number of nitrogens with zero attached hydrogens (tertiary/aromatic N) is 3. The standard InChI is InChI=1S/C14H24N4O/c1-2-14(7-8-15-11-14)12-16-13(17-19-12)18-9-5-3-4-6-10-18/h15H,2-11H2,1H3. The first-order chi connectivity index (χ1) is 9.34. The summed E-state index contributed by atoms with van der Waals surface area (Å²) in [5, 5.41) is 7.65. The average molecular weight is 264 g/mol. The summed E-state index contributed by atoms with van der Waals surface area (Å²) in [5.41, 5.74) is 0.0666. The van der Waals surface area contributed by atoms with Crippen molar-refractivity contribution in [2.45, 2.75) is 50.9 Å². The fourth-order valence-corrected chi connectivity index (χ4v) is 3.21. The highest BCUT2D eigenvalue weighted by atomic mass is 16.5. The van der Waals surface area contributed by atoms with E-state index in [2.05, 4.69) is 22.3 Å². The van der Waals surface area contributed by atoms with E-state index in [1.807, 2.05) is 0 Å². The molecule has 2 fully saturated rings. The number of hydrogen-bond donors (Lipinski definition) is 1. The van der Waals surface area contributed by atoms with Crippen molar-refractivity contribution in [2.75, 3.05) is 31.1 Å². The van der Waals surface area contributed by atoms with Gasteiger partial charge in [0.2, 0.25) is 5.89 Å². The summed E-state index contributed by atoms with van der Waals surface area (Å²) in [4.78, 5) is 6.99. The van der Waals surface area contributed by atoms with Gasteiger partial charge in [-0.25, -0.2) is 0 Å². The second-order valence-corrected chi connectivity index (χ2v) is 5.86. The molecule has 3 heterocycles. The highest BCUT2D eigenvalue weighted by Crippen LogP contribution is 2.33. The first-order valence-electron chi connectivity index (χ1n) is 7.64. The molecule has 0 bridgehead atoms. The lowest BCUT2D eigenvalue weighted by Crippen LogP contribution is -2.29. The Labute approximate surface area is 114 Å². The molecule has 1 aromatic heterocycles. The molecule has 1 atom stereocenters. The molecule has 1 unspecified atom stereocenters. The van der Waals surface area contributed by atoms with E-state index in [-0.39, 0.29) is 5.41 Å². The third-order valence-corrected chi connectivity index (χ3v) is 4.68. The highest BCUT2D eigenvalue weighted by molar-refractivity contribution is 5.29. The molecule has 2 saturated heterocycles. The van der Waals surface area contributed by atoms with Gasteiger partial charge in [-0.2, -0.15) is 4.98 Å². The summed E-state index contributed by atoms with van der Waals surface area (Å²) in [7, 11) is 0. The summed E-state index contributed by atoms with van der Waals surface area (Å²) >= 11 is 0. The van der Waals surface area contributed by atoms with Crippen molar-refractivity contribution in [2.24, 2.45) is 0 Å². The number of rotatable bonds is 3. The van der Waals surface area contributed by atoms with Crippen molar-refractivity contribution in [3.8, 4) is 0 Å². The van der Waals surface area contributed by atoms with Crippen LogP contribution >= 0.6 is 0 Å². The minimum Gasteiger partial charge on any atom is -0.338 e. The van der Waals surface area contributed by atoms with Gasteiger partial charge in [0, 0.05) is 19.6 Å². The van der Waals surface area contributed by atoms with Crippen LogP contribution in [0.2, 0.25) is 0 Å². The molecular weight excluding hydrogens is 240 g/mol. The van der Waals surface area contributed by atoms with Crippen molar-refractivity contribution in [3.63, 3.8) is 0 Å². The normalized spacial score (nSPS) is 28.6. The van der Waals surface area contributed by atoms with Gasteiger partial charge in [0.25, 0.3) is 5.95 Å². The Kier molecular flexibility index (Phi) is 3.73. The maximum Gasteiger partial charge on any atom is 0.266 e. The quantitative estimate of drug-likeness (QED) is 0.906. The maximum absolute atomic E-state index is 5.59.